The van der Waals surface area contributed by atoms with Crippen molar-refractivity contribution in [3.05, 3.63) is 39.9 Å². The molecule has 1 aliphatic carbocycles. The maximum Gasteiger partial charge on any atom is 0.275 e. The van der Waals surface area contributed by atoms with Gasteiger partial charge >= 0.3 is 0 Å². The van der Waals surface area contributed by atoms with Crippen LogP contribution in [0.2, 0.25) is 0 Å². The normalized spacial score (nSPS) is 36.6. The van der Waals surface area contributed by atoms with Crippen molar-refractivity contribution in [3.8, 4) is 18.2 Å². The molecule has 146 valence electrons. The Morgan fingerprint density at radius 3 is 2.55 bits per heavy atom. The summed E-state index contributed by atoms with van der Waals surface area (Å²) in [5.41, 5.74) is -4.34. The fourth-order valence-electron chi connectivity index (χ4n) is 5.18. The molecular weight excluding hydrogens is 374 g/mol. The fraction of sp³-hybridized carbons (Fsp3) is 0.500. The van der Waals surface area contributed by atoms with Crippen LogP contribution >= 0.6 is 0 Å². The summed E-state index contributed by atoms with van der Waals surface area (Å²) in [5.74, 6) is -2.32. The number of para-hydroxylation sites is 1. The lowest BCUT2D eigenvalue weighted by molar-refractivity contribution is -0.387. The van der Waals surface area contributed by atoms with Crippen LogP contribution in [0.3, 0.4) is 0 Å². The first-order chi connectivity index (χ1) is 13.8. The molecule has 3 aliphatic rings. The highest BCUT2D eigenvalue weighted by molar-refractivity contribution is 5.89. The summed E-state index contributed by atoms with van der Waals surface area (Å²) < 4.78 is 12.0. The summed E-state index contributed by atoms with van der Waals surface area (Å²) in [4.78, 5) is 11.0. The Labute approximate surface area is 166 Å². The van der Waals surface area contributed by atoms with Crippen molar-refractivity contribution in [2.24, 2.45) is 22.7 Å². The molecule has 1 saturated carbocycles. The maximum atomic E-state index is 11.6. The van der Waals surface area contributed by atoms with E-state index in [0.29, 0.717) is 19.3 Å². The average molecular weight is 391 g/mol. The van der Waals surface area contributed by atoms with Crippen LogP contribution in [0.25, 0.3) is 0 Å². The Morgan fingerprint density at radius 2 is 1.93 bits per heavy atom. The summed E-state index contributed by atoms with van der Waals surface area (Å²) >= 11 is 0. The van der Waals surface area contributed by atoms with Crippen molar-refractivity contribution in [1.29, 1.82) is 21.2 Å². The van der Waals surface area contributed by atoms with Gasteiger partial charge in [-0.3, -0.25) is 15.5 Å². The minimum Gasteiger partial charge on any atom is -0.447 e. The third kappa shape index (κ3) is 2.07. The van der Waals surface area contributed by atoms with Gasteiger partial charge in [0.05, 0.1) is 34.6 Å². The summed E-state index contributed by atoms with van der Waals surface area (Å²) in [5, 5.41) is 50.7. The van der Waals surface area contributed by atoms with Gasteiger partial charge < -0.3 is 9.47 Å². The first-order valence-electron chi connectivity index (χ1n) is 9.25. The molecule has 1 aromatic rings. The van der Waals surface area contributed by atoms with Crippen LogP contribution < -0.4 is 0 Å². The van der Waals surface area contributed by atoms with E-state index in [2.05, 4.69) is 6.07 Å². The molecule has 0 spiro atoms. The Bertz CT molecular complexity index is 1040. The van der Waals surface area contributed by atoms with Crippen LogP contribution in [0, 0.1) is 72.2 Å². The van der Waals surface area contributed by atoms with Crippen LogP contribution in [0.1, 0.15) is 37.9 Å². The number of ether oxygens (including phenoxy) is 2. The molecular formula is C20H17N5O4. The van der Waals surface area contributed by atoms with Gasteiger partial charge in [-0.2, -0.15) is 15.8 Å². The van der Waals surface area contributed by atoms with Crippen molar-refractivity contribution in [2.45, 2.75) is 38.1 Å². The summed E-state index contributed by atoms with van der Waals surface area (Å²) in [7, 11) is 0. The fourth-order valence-corrected chi connectivity index (χ4v) is 5.18. The molecule has 0 radical (unpaired) electrons. The molecule has 4 rings (SSSR count). The van der Waals surface area contributed by atoms with E-state index in [9.17, 15) is 25.9 Å². The molecule has 2 aliphatic heterocycles. The molecule has 5 unspecified atom stereocenters. The van der Waals surface area contributed by atoms with Gasteiger partial charge in [0, 0.05) is 12.5 Å². The minimum atomic E-state index is -2.17. The third-order valence-corrected chi connectivity index (χ3v) is 6.59. The van der Waals surface area contributed by atoms with Crippen LogP contribution in [-0.4, -0.2) is 16.6 Å². The van der Waals surface area contributed by atoms with Crippen LogP contribution in [0.5, 0.6) is 0 Å². The molecule has 9 heteroatoms. The van der Waals surface area contributed by atoms with E-state index in [-0.39, 0.29) is 17.2 Å². The van der Waals surface area contributed by atoms with E-state index in [0.717, 1.165) is 0 Å². The summed E-state index contributed by atoms with van der Waals surface area (Å²) in [6.07, 6.45) is 0.117. The zero-order valence-electron chi connectivity index (χ0n) is 15.6. The van der Waals surface area contributed by atoms with Crippen molar-refractivity contribution in [1.82, 2.24) is 0 Å². The Kier molecular flexibility index (Phi) is 3.91. The van der Waals surface area contributed by atoms with Crippen LogP contribution in [-0.2, 0) is 9.47 Å². The predicted octanol–water partition coefficient (Wildman–Crippen LogP) is 3.35. The Hall–Kier alpha value is -3.48. The van der Waals surface area contributed by atoms with Crippen LogP contribution in [0.15, 0.2) is 24.3 Å². The van der Waals surface area contributed by atoms with Crippen molar-refractivity contribution in [2.75, 3.05) is 0 Å². The highest BCUT2D eigenvalue weighted by atomic mass is 16.7. The number of nitriles is 3. The molecule has 29 heavy (non-hydrogen) atoms. The number of hydrogen-bond donors (Lipinski definition) is 1. The number of nitro groups is 1. The van der Waals surface area contributed by atoms with Crippen molar-refractivity contribution >= 4 is 11.6 Å². The molecule has 0 aromatic heterocycles. The van der Waals surface area contributed by atoms with Gasteiger partial charge in [0.2, 0.25) is 17.1 Å². The van der Waals surface area contributed by atoms with E-state index in [1.807, 2.05) is 19.1 Å². The second-order valence-corrected chi connectivity index (χ2v) is 7.94. The molecule has 2 bridgehead atoms. The lowest BCUT2D eigenvalue weighted by Crippen LogP contribution is -2.61. The van der Waals surface area contributed by atoms with Crippen LogP contribution in [0.4, 0.5) is 5.69 Å². The number of hydrogen-bond acceptors (Lipinski definition) is 8. The van der Waals surface area contributed by atoms with E-state index in [1.54, 1.807) is 6.07 Å². The molecule has 9 nitrogen and oxygen atoms in total. The largest absolute Gasteiger partial charge is 0.447 e. The molecule has 1 N–H and O–H groups in total. The van der Waals surface area contributed by atoms with E-state index < -0.39 is 39.5 Å². The van der Waals surface area contributed by atoms with E-state index >= 15 is 0 Å². The van der Waals surface area contributed by atoms with Crippen molar-refractivity contribution in [3.63, 3.8) is 0 Å². The van der Waals surface area contributed by atoms with Gasteiger partial charge in [0.1, 0.15) is 6.10 Å². The Morgan fingerprint density at radius 1 is 1.24 bits per heavy atom. The smallest absolute Gasteiger partial charge is 0.275 e. The number of benzene rings is 1. The standard InChI is InChI=1S/C20H17N5O4/c1-12-6-7-20-15(8-12)19(11-23,17(24)29-20)18(9-21,10-22)16(28-20)13-4-2-3-5-14(13)25(26)27/h2-5,12,15-16,24H,6-8H2,1H3. The minimum absolute atomic E-state index is 0.0231. The van der Waals surface area contributed by atoms with Gasteiger partial charge in [-0.15, -0.1) is 0 Å². The second-order valence-electron chi connectivity index (χ2n) is 7.94. The maximum absolute atomic E-state index is 11.6. The van der Waals surface area contributed by atoms with Gasteiger partial charge in [0.25, 0.3) is 5.69 Å². The first-order valence-corrected chi connectivity index (χ1v) is 9.25. The quantitative estimate of drug-likeness (QED) is 0.598. The molecule has 5 atom stereocenters. The summed E-state index contributed by atoms with van der Waals surface area (Å²) in [6.45, 7) is 2.00. The van der Waals surface area contributed by atoms with Gasteiger partial charge in [-0.25, -0.2) is 0 Å². The van der Waals surface area contributed by atoms with E-state index in [1.165, 1.54) is 18.2 Å². The van der Waals surface area contributed by atoms with Gasteiger partial charge in [-0.05, 0) is 24.8 Å². The number of nitrogens with one attached hydrogen (secondary N) is 1. The molecule has 2 heterocycles. The predicted molar refractivity (Wildman–Crippen MR) is 96.7 cm³/mol. The molecule has 1 aromatic carbocycles. The number of nitro benzene ring substituents is 1. The molecule has 3 fully saturated rings. The first kappa shape index (κ1) is 18.9. The lowest BCUT2D eigenvalue weighted by Gasteiger charge is -2.52. The Balaban J connectivity index is 2.03. The molecule has 2 saturated heterocycles. The van der Waals surface area contributed by atoms with Gasteiger partial charge in [-0.1, -0.05) is 19.1 Å². The van der Waals surface area contributed by atoms with Gasteiger partial charge in [0.15, 0.2) is 5.41 Å². The highest BCUT2D eigenvalue weighted by Crippen LogP contribution is 2.70. The SMILES string of the molecule is CC1CCC23OC(=N)C(C#N)(C2C1)C(C#N)(C#N)C(c1ccccc1[N+](=O)[O-])O3. The summed E-state index contributed by atoms with van der Waals surface area (Å²) in [6, 6.07) is 11.6. The lowest BCUT2D eigenvalue weighted by atomic mass is 9.50. The van der Waals surface area contributed by atoms with Crippen molar-refractivity contribution < 1.29 is 14.4 Å². The average Bonchev–Trinajstić information content (AvgIpc) is 2.91. The highest BCUT2D eigenvalue weighted by Gasteiger charge is 2.81. The number of rotatable bonds is 2. The van der Waals surface area contributed by atoms with E-state index in [4.69, 9.17) is 14.9 Å². The second kappa shape index (κ2) is 6.01. The molecule has 0 amide bonds. The zero-order valence-corrected chi connectivity index (χ0v) is 15.6. The topological polar surface area (TPSA) is 157 Å². The number of nitrogens with zero attached hydrogens (tertiary/aromatic N) is 4. The zero-order chi connectivity index (χ0) is 21.0. The monoisotopic (exact) mass is 391 g/mol. The third-order valence-electron chi connectivity index (χ3n) is 6.59.